The van der Waals surface area contributed by atoms with Crippen LogP contribution in [-0.4, -0.2) is 19.2 Å². The summed E-state index contributed by atoms with van der Waals surface area (Å²) in [7, 11) is 0. The van der Waals surface area contributed by atoms with Crippen LogP contribution in [0, 0.1) is 0 Å². The summed E-state index contributed by atoms with van der Waals surface area (Å²) in [6.45, 7) is 5.70. The van der Waals surface area contributed by atoms with E-state index in [9.17, 15) is 4.79 Å². The Morgan fingerprint density at radius 1 is 1.08 bits per heavy atom. The Kier molecular flexibility index (Phi) is 5.43. The third-order valence-corrected chi connectivity index (χ3v) is 4.19. The largest absolute Gasteiger partial charge is 0.454 e. The van der Waals surface area contributed by atoms with E-state index in [1.807, 2.05) is 18.2 Å². The molecule has 0 saturated carbocycles. The first-order chi connectivity index (χ1) is 12.1. The average molecular weight is 340 g/mol. The van der Waals surface area contributed by atoms with Crippen LogP contribution in [0.3, 0.4) is 0 Å². The molecule has 2 aromatic carbocycles. The average Bonchev–Trinajstić information content (AvgIpc) is 3.08. The second-order valence-corrected chi connectivity index (χ2v) is 6.42. The molecule has 132 valence electrons. The Balaban J connectivity index is 1.39. The quantitative estimate of drug-likeness (QED) is 0.808. The van der Waals surface area contributed by atoms with Crippen molar-refractivity contribution >= 4 is 11.6 Å². The predicted molar refractivity (Wildman–Crippen MR) is 98.0 cm³/mol. The predicted octanol–water partition coefficient (Wildman–Crippen LogP) is 3.66. The molecule has 0 aliphatic carbocycles. The maximum Gasteiger partial charge on any atom is 0.231 e. The van der Waals surface area contributed by atoms with Crippen LogP contribution in [0.2, 0.25) is 0 Å². The fraction of sp³-hybridized carbons (Fsp3) is 0.350. The summed E-state index contributed by atoms with van der Waals surface area (Å²) in [4.78, 5) is 12.0. The SMILES string of the molecule is CC(C)c1ccc(NCCC(=O)NCc2ccc3c(c2)OCO3)cc1. The molecule has 25 heavy (non-hydrogen) atoms. The molecule has 5 nitrogen and oxygen atoms in total. The molecule has 1 heterocycles. The van der Waals surface area contributed by atoms with Gasteiger partial charge >= 0.3 is 0 Å². The maximum absolute atomic E-state index is 12.0. The first kappa shape index (κ1) is 17.1. The van der Waals surface area contributed by atoms with Gasteiger partial charge in [-0.3, -0.25) is 4.79 Å². The summed E-state index contributed by atoms with van der Waals surface area (Å²) in [6, 6.07) is 14.0. The van der Waals surface area contributed by atoms with Crippen molar-refractivity contribution in [2.45, 2.75) is 32.7 Å². The summed E-state index contributed by atoms with van der Waals surface area (Å²) >= 11 is 0. The van der Waals surface area contributed by atoms with Gasteiger partial charge in [0.15, 0.2) is 11.5 Å². The Hall–Kier alpha value is -2.69. The standard InChI is InChI=1S/C20H24N2O3/c1-14(2)16-4-6-17(7-5-16)21-10-9-20(23)22-12-15-3-8-18-19(11-15)25-13-24-18/h3-8,11,14,21H,9-10,12-13H2,1-2H3,(H,22,23). The fourth-order valence-electron chi connectivity index (χ4n) is 2.65. The topological polar surface area (TPSA) is 59.6 Å². The number of ether oxygens (including phenoxy) is 2. The number of hydrogen-bond acceptors (Lipinski definition) is 4. The molecular formula is C20H24N2O3. The van der Waals surface area contributed by atoms with Crippen molar-refractivity contribution < 1.29 is 14.3 Å². The first-order valence-electron chi connectivity index (χ1n) is 8.61. The molecular weight excluding hydrogens is 316 g/mol. The number of carbonyl (C=O) groups excluding carboxylic acids is 1. The van der Waals surface area contributed by atoms with Crippen LogP contribution >= 0.6 is 0 Å². The van der Waals surface area contributed by atoms with Crippen LogP contribution in [0.4, 0.5) is 5.69 Å². The molecule has 0 atom stereocenters. The van der Waals surface area contributed by atoms with E-state index < -0.39 is 0 Å². The minimum atomic E-state index is 0.0176. The number of rotatable bonds is 7. The van der Waals surface area contributed by atoms with Gasteiger partial charge in [-0.05, 0) is 41.3 Å². The summed E-state index contributed by atoms with van der Waals surface area (Å²) in [5.41, 5.74) is 3.34. The van der Waals surface area contributed by atoms with Gasteiger partial charge in [-0.1, -0.05) is 32.0 Å². The number of carbonyl (C=O) groups is 1. The minimum absolute atomic E-state index is 0.0176. The van der Waals surface area contributed by atoms with Crippen LogP contribution in [-0.2, 0) is 11.3 Å². The second kappa shape index (κ2) is 7.92. The van der Waals surface area contributed by atoms with Crippen molar-refractivity contribution in [3.63, 3.8) is 0 Å². The summed E-state index contributed by atoms with van der Waals surface area (Å²) in [5, 5.41) is 6.20. The van der Waals surface area contributed by atoms with E-state index in [-0.39, 0.29) is 12.7 Å². The molecule has 0 spiro atoms. The molecule has 3 rings (SSSR count). The summed E-state index contributed by atoms with van der Waals surface area (Å²) in [6.07, 6.45) is 0.427. The highest BCUT2D eigenvalue weighted by Crippen LogP contribution is 2.32. The lowest BCUT2D eigenvalue weighted by molar-refractivity contribution is -0.121. The van der Waals surface area contributed by atoms with Gasteiger partial charge in [-0.25, -0.2) is 0 Å². The highest BCUT2D eigenvalue weighted by atomic mass is 16.7. The zero-order valence-electron chi connectivity index (χ0n) is 14.7. The van der Waals surface area contributed by atoms with Gasteiger partial charge < -0.3 is 20.1 Å². The second-order valence-electron chi connectivity index (χ2n) is 6.42. The van der Waals surface area contributed by atoms with Gasteiger partial charge in [0, 0.05) is 25.2 Å². The number of fused-ring (bicyclic) bond motifs is 1. The third kappa shape index (κ3) is 4.66. The Morgan fingerprint density at radius 3 is 2.60 bits per heavy atom. The summed E-state index contributed by atoms with van der Waals surface area (Å²) < 4.78 is 10.6. The number of nitrogens with one attached hydrogen (secondary N) is 2. The van der Waals surface area contributed by atoms with Crippen molar-refractivity contribution in [3.8, 4) is 11.5 Å². The van der Waals surface area contributed by atoms with Crippen LogP contribution in [0.5, 0.6) is 11.5 Å². The van der Waals surface area contributed by atoms with Crippen LogP contribution in [0.1, 0.15) is 37.3 Å². The summed E-state index contributed by atoms with van der Waals surface area (Å²) in [5.74, 6) is 2.03. The number of benzene rings is 2. The molecule has 0 saturated heterocycles. The molecule has 5 heteroatoms. The smallest absolute Gasteiger partial charge is 0.231 e. The first-order valence-corrected chi connectivity index (χ1v) is 8.61. The minimum Gasteiger partial charge on any atom is -0.454 e. The highest BCUT2D eigenvalue weighted by molar-refractivity contribution is 5.76. The molecule has 1 aliphatic rings. The van der Waals surface area contributed by atoms with Gasteiger partial charge in [0.25, 0.3) is 0 Å². The highest BCUT2D eigenvalue weighted by Gasteiger charge is 2.13. The maximum atomic E-state index is 12.0. The molecule has 2 aromatic rings. The lowest BCUT2D eigenvalue weighted by Crippen LogP contribution is -2.24. The zero-order chi connectivity index (χ0) is 17.6. The number of anilines is 1. The van der Waals surface area contributed by atoms with E-state index in [1.54, 1.807) is 0 Å². The zero-order valence-corrected chi connectivity index (χ0v) is 14.7. The van der Waals surface area contributed by atoms with Crippen molar-refractivity contribution in [2.24, 2.45) is 0 Å². The molecule has 0 aromatic heterocycles. The van der Waals surface area contributed by atoms with Gasteiger partial charge in [0.05, 0.1) is 0 Å². The van der Waals surface area contributed by atoms with Crippen LogP contribution in [0.15, 0.2) is 42.5 Å². The normalized spacial score (nSPS) is 12.3. The van der Waals surface area contributed by atoms with Crippen molar-refractivity contribution in [3.05, 3.63) is 53.6 Å². The van der Waals surface area contributed by atoms with E-state index in [0.29, 0.717) is 25.4 Å². The van der Waals surface area contributed by atoms with E-state index in [2.05, 4.69) is 48.7 Å². The van der Waals surface area contributed by atoms with E-state index in [1.165, 1.54) is 5.56 Å². The van der Waals surface area contributed by atoms with Gasteiger partial charge in [-0.15, -0.1) is 0 Å². The molecule has 2 N–H and O–H groups in total. The van der Waals surface area contributed by atoms with Gasteiger partial charge in [-0.2, -0.15) is 0 Å². The fourth-order valence-corrected chi connectivity index (χ4v) is 2.65. The molecule has 0 bridgehead atoms. The van der Waals surface area contributed by atoms with E-state index >= 15 is 0 Å². The van der Waals surface area contributed by atoms with E-state index in [0.717, 1.165) is 22.7 Å². The van der Waals surface area contributed by atoms with Crippen LogP contribution in [0.25, 0.3) is 0 Å². The molecule has 0 fully saturated rings. The molecule has 1 amide bonds. The Morgan fingerprint density at radius 2 is 1.84 bits per heavy atom. The van der Waals surface area contributed by atoms with Crippen LogP contribution < -0.4 is 20.1 Å². The van der Waals surface area contributed by atoms with Gasteiger partial charge in [0.2, 0.25) is 12.7 Å². The molecule has 0 radical (unpaired) electrons. The lowest BCUT2D eigenvalue weighted by atomic mass is 10.0. The van der Waals surface area contributed by atoms with Crippen molar-refractivity contribution in [2.75, 3.05) is 18.7 Å². The Bertz CT molecular complexity index is 726. The Labute approximate surface area is 148 Å². The molecule has 1 aliphatic heterocycles. The third-order valence-electron chi connectivity index (χ3n) is 4.19. The number of amides is 1. The van der Waals surface area contributed by atoms with Gasteiger partial charge in [0.1, 0.15) is 0 Å². The van der Waals surface area contributed by atoms with E-state index in [4.69, 9.17) is 9.47 Å². The number of hydrogen-bond donors (Lipinski definition) is 2. The monoisotopic (exact) mass is 340 g/mol. The lowest BCUT2D eigenvalue weighted by Gasteiger charge is -2.10. The molecule has 0 unspecified atom stereocenters. The van der Waals surface area contributed by atoms with Crippen molar-refractivity contribution in [1.29, 1.82) is 0 Å². The van der Waals surface area contributed by atoms with Crippen molar-refractivity contribution in [1.82, 2.24) is 5.32 Å².